The molecule has 0 fully saturated rings. The number of benzene rings is 4. The molecule has 4 aromatic carbocycles. The van der Waals surface area contributed by atoms with Gasteiger partial charge < -0.3 is 20.0 Å². The molecule has 2 aliphatic heterocycles. The highest BCUT2D eigenvalue weighted by Crippen LogP contribution is 2.55. The van der Waals surface area contributed by atoms with Crippen LogP contribution in [-0.2, 0) is 0 Å². The van der Waals surface area contributed by atoms with Crippen LogP contribution in [0.1, 0.15) is 90.9 Å². The van der Waals surface area contributed by atoms with Crippen molar-refractivity contribution in [2.75, 3.05) is 22.9 Å². The molecule has 242 valence electrons. The number of nitrogens with zero attached hydrogens (tertiary/aromatic N) is 2. The highest BCUT2D eigenvalue weighted by molar-refractivity contribution is 8.00. The maximum Gasteiger partial charge on any atom is 0.125 e. The van der Waals surface area contributed by atoms with Crippen LogP contribution in [0, 0.1) is 0 Å². The van der Waals surface area contributed by atoms with Crippen molar-refractivity contribution in [3.8, 4) is 22.6 Å². The summed E-state index contributed by atoms with van der Waals surface area (Å²) in [6, 6.07) is 25.1. The number of anilines is 4. The molecule has 0 aliphatic carbocycles. The number of hydrogen-bond acceptors (Lipinski definition) is 6. The predicted octanol–water partition coefficient (Wildman–Crippen LogP) is 12.7. The molecule has 0 radical (unpaired) electrons. The molecule has 4 aromatic rings. The lowest BCUT2D eigenvalue weighted by atomic mass is 10.0. The summed E-state index contributed by atoms with van der Waals surface area (Å²) >= 11 is 3.50. The first kappa shape index (κ1) is 32.7. The summed E-state index contributed by atoms with van der Waals surface area (Å²) in [6.45, 7) is 6.36. The molecule has 0 atom stereocenters. The summed E-state index contributed by atoms with van der Waals surface area (Å²) in [5.41, 5.74) is 5.85. The Labute approximate surface area is 284 Å². The minimum Gasteiger partial charge on any atom is -0.507 e. The monoisotopic (exact) mass is 652 g/mol. The average Bonchev–Trinajstić information content (AvgIpc) is 3.07. The molecule has 2 N–H and O–H groups in total. The number of hydrogen-bond donors (Lipinski definition) is 2. The van der Waals surface area contributed by atoms with Gasteiger partial charge in [-0.05, 0) is 49.2 Å². The number of phenols is 2. The zero-order valence-electron chi connectivity index (χ0n) is 27.4. The van der Waals surface area contributed by atoms with Crippen molar-refractivity contribution in [1.29, 1.82) is 0 Å². The Morgan fingerprint density at radius 2 is 0.848 bits per heavy atom. The van der Waals surface area contributed by atoms with Gasteiger partial charge in [0, 0.05) is 55.9 Å². The second-order valence-corrected chi connectivity index (χ2v) is 14.8. The van der Waals surface area contributed by atoms with Gasteiger partial charge >= 0.3 is 0 Å². The van der Waals surface area contributed by atoms with Crippen LogP contribution in [0.3, 0.4) is 0 Å². The Bertz CT molecular complexity index is 1520. The molecule has 0 bridgehead atoms. The number of rotatable bonds is 15. The largest absolute Gasteiger partial charge is 0.507 e. The van der Waals surface area contributed by atoms with Crippen LogP contribution in [0.4, 0.5) is 22.7 Å². The minimum atomic E-state index is 0.201. The van der Waals surface area contributed by atoms with Gasteiger partial charge in [-0.25, -0.2) is 0 Å². The van der Waals surface area contributed by atoms with E-state index in [1.54, 1.807) is 23.5 Å². The van der Waals surface area contributed by atoms with Crippen LogP contribution in [-0.4, -0.2) is 23.3 Å². The van der Waals surface area contributed by atoms with Crippen molar-refractivity contribution in [3.63, 3.8) is 0 Å². The Balaban J connectivity index is 1.29. The van der Waals surface area contributed by atoms with Gasteiger partial charge in [0.2, 0.25) is 0 Å². The van der Waals surface area contributed by atoms with E-state index in [1.165, 1.54) is 85.4 Å². The molecule has 6 rings (SSSR count). The van der Waals surface area contributed by atoms with Gasteiger partial charge in [0.25, 0.3) is 0 Å². The maximum atomic E-state index is 11.5. The van der Waals surface area contributed by atoms with Crippen LogP contribution in [0.2, 0.25) is 0 Å². The summed E-state index contributed by atoms with van der Waals surface area (Å²) in [4.78, 5) is 9.43. The molecule has 0 saturated carbocycles. The summed E-state index contributed by atoms with van der Waals surface area (Å²) in [6.07, 6.45) is 14.9. The van der Waals surface area contributed by atoms with Gasteiger partial charge in [0.1, 0.15) is 11.5 Å². The quantitative estimate of drug-likeness (QED) is 0.125. The molecule has 46 heavy (non-hydrogen) atoms. The molecule has 0 unspecified atom stereocenters. The zero-order valence-corrected chi connectivity index (χ0v) is 29.1. The summed E-state index contributed by atoms with van der Waals surface area (Å²) in [5, 5.41) is 23.1. The molecule has 0 amide bonds. The molecule has 0 aromatic heterocycles. The van der Waals surface area contributed by atoms with E-state index in [1.807, 2.05) is 12.1 Å². The van der Waals surface area contributed by atoms with Gasteiger partial charge in [0.15, 0.2) is 0 Å². The number of fused-ring (bicyclic) bond motifs is 4. The molecular formula is C40H48N2O2S2. The van der Waals surface area contributed by atoms with Crippen molar-refractivity contribution in [3.05, 3.63) is 72.8 Å². The van der Waals surface area contributed by atoms with E-state index in [0.29, 0.717) is 11.1 Å². The molecule has 0 spiro atoms. The first-order chi connectivity index (χ1) is 22.6. The highest BCUT2D eigenvalue weighted by Gasteiger charge is 2.28. The van der Waals surface area contributed by atoms with Gasteiger partial charge in [-0.15, -0.1) is 0 Å². The predicted molar refractivity (Wildman–Crippen MR) is 197 cm³/mol. The van der Waals surface area contributed by atoms with Gasteiger partial charge in [-0.2, -0.15) is 0 Å². The first-order valence-corrected chi connectivity index (χ1v) is 19.1. The Morgan fingerprint density at radius 1 is 0.457 bits per heavy atom. The fourth-order valence-electron chi connectivity index (χ4n) is 6.74. The number of unbranched alkanes of at least 4 members (excludes halogenated alkanes) is 10. The number of aromatic hydroxyl groups is 2. The molecule has 4 nitrogen and oxygen atoms in total. The lowest BCUT2D eigenvalue weighted by Crippen LogP contribution is -2.22. The van der Waals surface area contributed by atoms with Crippen molar-refractivity contribution in [2.24, 2.45) is 0 Å². The Kier molecular flexibility index (Phi) is 11.1. The maximum absolute atomic E-state index is 11.5. The molecule has 0 saturated heterocycles. The molecule has 6 heteroatoms. The van der Waals surface area contributed by atoms with Crippen molar-refractivity contribution < 1.29 is 10.2 Å². The lowest BCUT2D eigenvalue weighted by Gasteiger charge is -2.34. The number of phenolic OH excluding ortho intramolecular Hbond substituents is 2. The number of para-hydroxylation sites is 2. The molecule has 2 aliphatic rings. The van der Waals surface area contributed by atoms with Crippen LogP contribution < -0.4 is 9.80 Å². The van der Waals surface area contributed by atoms with E-state index < -0.39 is 0 Å². The third kappa shape index (κ3) is 7.18. The fourth-order valence-corrected chi connectivity index (χ4v) is 8.98. The minimum absolute atomic E-state index is 0.201. The average molecular weight is 653 g/mol. The van der Waals surface area contributed by atoms with Gasteiger partial charge in [-0.1, -0.05) is 126 Å². The van der Waals surface area contributed by atoms with Crippen molar-refractivity contribution in [2.45, 2.75) is 110 Å². The second kappa shape index (κ2) is 15.6. The smallest absolute Gasteiger partial charge is 0.125 e. The third-order valence-corrected chi connectivity index (χ3v) is 11.5. The van der Waals surface area contributed by atoms with Crippen LogP contribution in [0.5, 0.6) is 11.5 Å². The van der Waals surface area contributed by atoms with E-state index in [2.05, 4.69) is 84.3 Å². The van der Waals surface area contributed by atoms with Crippen LogP contribution in [0.25, 0.3) is 11.1 Å². The van der Waals surface area contributed by atoms with Gasteiger partial charge in [0.05, 0.1) is 22.7 Å². The summed E-state index contributed by atoms with van der Waals surface area (Å²) in [5.74, 6) is 0.402. The standard InChI is InChI=1S/C40H48N2O2S2/c1-3-5-7-9-11-17-23-41-31-19-13-15-21-37(31)45-39-25-29(35(43)27-33(39)41)30-26-40-34(28-36(30)44)42(24-18-12-10-8-6-4-2)32-20-14-16-22-38(32)46-40/h13-16,19-22,25-28,43-44H,3-12,17-18,23-24H2,1-2H3. The fraction of sp³-hybridized carbons (Fsp3) is 0.400. The van der Waals surface area contributed by atoms with E-state index in [4.69, 9.17) is 0 Å². The van der Waals surface area contributed by atoms with Gasteiger partial charge in [-0.3, -0.25) is 0 Å². The van der Waals surface area contributed by atoms with Crippen LogP contribution >= 0.6 is 23.5 Å². The van der Waals surface area contributed by atoms with E-state index >= 15 is 0 Å². The first-order valence-electron chi connectivity index (χ1n) is 17.4. The summed E-state index contributed by atoms with van der Waals surface area (Å²) < 4.78 is 0. The van der Waals surface area contributed by atoms with Crippen LogP contribution in [0.15, 0.2) is 92.4 Å². The topological polar surface area (TPSA) is 46.9 Å². The zero-order chi connectivity index (χ0) is 31.9. The molecule has 2 heterocycles. The highest BCUT2D eigenvalue weighted by atomic mass is 32.2. The second-order valence-electron chi connectivity index (χ2n) is 12.7. The Morgan fingerprint density at radius 3 is 1.28 bits per heavy atom. The van der Waals surface area contributed by atoms with E-state index in [-0.39, 0.29) is 11.5 Å². The SMILES string of the molecule is CCCCCCCCN1c2ccccc2Sc2cc(-c3cc4c(cc3O)N(CCCCCCCC)c3ccccc3S4)c(O)cc21. The third-order valence-electron chi connectivity index (χ3n) is 9.25. The van der Waals surface area contributed by atoms with Crippen molar-refractivity contribution in [1.82, 2.24) is 0 Å². The van der Waals surface area contributed by atoms with E-state index in [9.17, 15) is 10.2 Å². The summed E-state index contributed by atoms with van der Waals surface area (Å²) in [7, 11) is 0. The van der Waals surface area contributed by atoms with E-state index in [0.717, 1.165) is 47.1 Å². The molecular weight excluding hydrogens is 605 g/mol. The van der Waals surface area contributed by atoms with Crippen molar-refractivity contribution >= 4 is 46.3 Å². The Hall–Kier alpha value is -3.22. The normalized spacial score (nSPS) is 13.3. The lowest BCUT2D eigenvalue weighted by molar-refractivity contribution is 0.468.